The summed E-state index contributed by atoms with van der Waals surface area (Å²) in [6.45, 7) is 0.376. The molecule has 0 fully saturated rings. The number of aliphatic hydroxyl groups excluding tert-OH is 1. The number of carbonyl (C=O) groups excluding carboxylic acids is 1. The summed E-state index contributed by atoms with van der Waals surface area (Å²) in [5, 5.41) is 26.2. The number of hydrogen-bond acceptors (Lipinski definition) is 8. The maximum Gasteiger partial charge on any atom is 0.303 e. The molecule has 1 aliphatic heterocycles. The van der Waals surface area contributed by atoms with E-state index in [9.17, 15) is 9.59 Å². The molecule has 0 atom stereocenters. The number of nitrogens with zero attached hydrogens (tertiary/aromatic N) is 3. The van der Waals surface area contributed by atoms with Crippen molar-refractivity contribution in [1.82, 2.24) is 5.32 Å². The summed E-state index contributed by atoms with van der Waals surface area (Å²) in [4.78, 5) is 25.7. The second kappa shape index (κ2) is 11.3. The minimum atomic E-state index is -0.821. The molecule has 1 aromatic carbocycles. The third kappa shape index (κ3) is 6.43. The van der Waals surface area contributed by atoms with Crippen molar-refractivity contribution >= 4 is 35.4 Å². The highest BCUT2D eigenvalue weighted by molar-refractivity contribution is 6.30. The summed E-state index contributed by atoms with van der Waals surface area (Å²) < 4.78 is 11.4. The lowest BCUT2D eigenvalue weighted by molar-refractivity contribution is -0.137. The highest BCUT2D eigenvalue weighted by atomic mass is 16.5. The zero-order chi connectivity index (χ0) is 23.8. The van der Waals surface area contributed by atoms with Gasteiger partial charge in [-0.25, -0.2) is 0 Å². The van der Waals surface area contributed by atoms with E-state index >= 15 is 0 Å². The van der Waals surface area contributed by atoms with Crippen molar-refractivity contribution in [3.63, 3.8) is 0 Å². The fourth-order valence-corrected chi connectivity index (χ4v) is 3.12. The number of hydrazone groups is 1. The molecule has 10 nitrogen and oxygen atoms in total. The minimum Gasteiger partial charge on any atom is -0.481 e. The second-order valence-corrected chi connectivity index (χ2v) is 7.58. The van der Waals surface area contributed by atoms with E-state index in [1.165, 1.54) is 5.01 Å². The van der Waals surface area contributed by atoms with Crippen molar-refractivity contribution in [2.75, 3.05) is 43.9 Å². The Kier molecular flexibility index (Phi) is 8.22. The zero-order valence-electron chi connectivity index (χ0n) is 18.7. The molecule has 3 rings (SSSR count). The number of carboxylic acid groups (broad SMARTS) is 1. The lowest BCUT2D eigenvalue weighted by atomic mass is 10.1. The fourth-order valence-electron chi connectivity index (χ4n) is 3.12. The molecule has 1 aromatic heterocycles. The van der Waals surface area contributed by atoms with E-state index in [0.717, 1.165) is 5.56 Å². The van der Waals surface area contributed by atoms with Crippen LogP contribution in [0.25, 0.3) is 6.08 Å². The molecule has 0 saturated carbocycles. The molecular formula is C23H28N4O6. The molecule has 1 amide bonds. The number of ether oxygens (including phenoxy) is 1. The molecule has 1 aliphatic rings. The van der Waals surface area contributed by atoms with E-state index < -0.39 is 5.97 Å². The standard InChI is InChI=1S/C23H28N4O6/c1-26(2)20-11-10-18(33-20)14-19-22(32-15-24-12-13-28)25-27(23(19)31)17-8-6-16(7-9-17)4-3-5-21(29)30/h6-11,14,24,28H,3-5,12-13,15H2,1-2H3,(H,29,30). The van der Waals surface area contributed by atoms with Gasteiger partial charge in [0, 0.05) is 33.1 Å². The van der Waals surface area contributed by atoms with Crippen molar-refractivity contribution in [3.05, 3.63) is 53.3 Å². The molecule has 0 radical (unpaired) electrons. The second-order valence-electron chi connectivity index (χ2n) is 7.58. The molecule has 0 saturated heterocycles. The first-order valence-corrected chi connectivity index (χ1v) is 10.6. The van der Waals surface area contributed by atoms with Crippen molar-refractivity contribution in [1.29, 1.82) is 0 Å². The number of carboxylic acids is 1. The van der Waals surface area contributed by atoms with Gasteiger partial charge in [0.25, 0.3) is 5.91 Å². The van der Waals surface area contributed by atoms with Gasteiger partial charge in [-0.15, -0.1) is 5.10 Å². The molecule has 33 heavy (non-hydrogen) atoms. The average Bonchev–Trinajstić information content (AvgIpc) is 3.38. The van der Waals surface area contributed by atoms with Crippen molar-refractivity contribution in [2.45, 2.75) is 19.3 Å². The lowest BCUT2D eigenvalue weighted by Crippen LogP contribution is -2.24. The van der Waals surface area contributed by atoms with Gasteiger partial charge in [-0.1, -0.05) is 12.1 Å². The first-order valence-electron chi connectivity index (χ1n) is 10.6. The van der Waals surface area contributed by atoms with E-state index in [4.69, 9.17) is 19.4 Å². The van der Waals surface area contributed by atoms with Gasteiger partial charge in [0.05, 0.1) is 12.3 Å². The van der Waals surface area contributed by atoms with Crippen molar-refractivity contribution < 1.29 is 29.0 Å². The van der Waals surface area contributed by atoms with Crippen LogP contribution < -0.4 is 15.2 Å². The summed E-state index contributed by atoms with van der Waals surface area (Å²) in [5.41, 5.74) is 1.78. The molecule has 10 heteroatoms. The summed E-state index contributed by atoms with van der Waals surface area (Å²) in [6.07, 6.45) is 2.87. The van der Waals surface area contributed by atoms with Crippen LogP contribution in [0.2, 0.25) is 0 Å². The molecular weight excluding hydrogens is 428 g/mol. The lowest BCUT2D eigenvalue weighted by Gasteiger charge is -2.11. The van der Waals surface area contributed by atoms with Crippen LogP contribution in [0.3, 0.4) is 0 Å². The van der Waals surface area contributed by atoms with Crippen LogP contribution in [0, 0.1) is 0 Å². The predicted molar refractivity (Wildman–Crippen MR) is 124 cm³/mol. The largest absolute Gasteiger partial charge is 0.481 e. The molecule has 3 N–H and O–H groups in total. The SMILES string of the molecule is CN(C)c1ccc(C=C2C(=O)N(c3ccc(CCCC(=O)O)cc3)N=C2OCNCCO)o1. The highest BCUT2D eigenvalue weighted by Gasteiger charge is 2.33. The van der Waals surface area contributed by atoms with E-state index in [2.05, 4.69) is 10.4 Å². The number of amides is 1. The number of benzene rings is 1. The number of furan rings is 1. The maximum atomic E-state index is 13.2. The first kappa shape index (κ1) is 24.0. The Labute approximate surface area is 191 Å². The van der Waals surface area contributed by atoms with Gasteiger partial charge in [0.15, 0.2) is 5.88 Å². The molecule has 2 heterocycles. The molecule has 0 unspecified atom stereocenters. The van der Waals surface area contributed by atoms with Crippen molar-refractivity contribution in [2.24, 2.45) is 5.10 Å². The van der Waals surface area contributed by atoms with Gasteiger partial charge >= 0.3 is 5.97 Å². The van der Waals surface area contributed by atoms with Crippen molar-refractivity contribution in [3.8, 4) is 0 Å². The van der Waals surface area contributed by atoms with Gasteiger partial charge in [0.1, 0.15) is 18.1 Å². The summed E-state index contributed by atoms with van der Waals surface area (Å²) in [7, 11) is 3.71. The zero-order valence-corrected chi connectivity index (χ0v) is 18.7. The number of hydrogen-bond donors (Lipinski definition) is 3. The number of carbonyl (C=O) groups is 2. The van der Waals surface area contributed by atoms with Gasteiger partial charge in [-0.2, -0.15) is 5.01 Å². The number of aliphatic carboxylic acids is 1. The van der Waals surface area contributed by atoms with Crippen LogP contribution in [0.15, 0.2) is 51.5 Å². The predicted octanol–water partition coefficient (Wildman–Crippen LogP) is 2.05. The Morgan fingerprint density at radius 3 is 2.64 bits per heavy atom. The monoisotopic (exact) mass is 456 g/mol. The Balaban J connectivity index is 1.79. The average molecular weight is 456 g/mol. The van der Waals surface area contributed by atoms with E-state index in [-0.39, 0.29) is 37.1 Å². The van der Waals surface area contributed by atoms with Gasteiger partial charge < -0.3 is 24.3 Å². The van der Waals surface area contributed by atoms with Gasteiger partial charge in [0.2, 0.25) is 5.90 Å². The third-order valence-electron chi connectivity index (χ3n) is 4.82. The van der Waals surface area contributed by atoms with Gasteiger partial charge in [-0.05, 0) is 42.7 Å². The molecule has 0 aliphatic carbocycles. The molecule has 2 aromatic rings. The number of anilines is 2. The van der Waals surface area contributed by atoms with E-state index in [1.807, 2.05) is 31.1 Å². The Hall–Kier alpha value is -3.63. The number of rotatable bonds is 11. The van der Waals surface area contributed by atoms with E-state index in [0.29, 0.717) is 36.7 Å². The van der Waals surface area contributed by atoms with E-state index in [1.54, 1.807) is 30.3 Å². The molecule has 0 bridgehead atoms. The summed E-state index contributed by atoms with van der Waals surface area (Å²) in [5.74, 6) is 0.0783. The Bertz CT molecular complexity index is 1030. The van der Waals surface area contributed by atoms with Crippen LogP contribution in [0.4, 0.5) is 11.6 Å². The summed E-state index contributed by atoms with van der Waals surface area (Å²) >= 11 is 0. The first-order chi connectivity index (χ1) is 15.9. The fraction of sp³-hybridized carbons (Fsp3) is 0.348. The minimum absolute atomic E-state index is 0.0396. The van der Waals surface area contributed by atoms with Crippen LogP contribution in [-0.2, 0) is 20.7 Å². The molecule has 0 spiro atoms. The van der Waals surface area contributed by atoms with Crippen LogP contribution in [-0.4, -0.2) is 62.0 Å². The number of nitrogens with one attached hydrogen (secondary N) is 1. The Morgan fingerprint density at radius 2 is 2.00 bits per heavy atom. The number of aryl methyl sites for hydroxylation is 1. The van der Waals surface area contributed by atoms with Crippen LogP contribution in [0.5, 0.6) is 0 Å². The quantitative estimate of drug-likeness (QED) is 0.266. The summed E-state index contributed by atoms with van der Waals surface area (Å²) in [6, 6.07) is 10.8. The smallest absolute Gasteiger partial charge is 0.303 e. The third-order valence-corrected chi connectivity index (χ3v) is 4.82. The highest BCUT2D eigenvalue weighted by Crippen LogP contribution is 2.27. The van der Waals surface area contributed by atoms with Crippen LogP contribution in [0.1, 0.15) is 24.2 Å². The normalized spacial score (nSPS) is 14.6. The molecule has 176 valence electrons. The number of aliphatic hydroxyl groups is 1. The topological polar surface area (TPSA) is 128 Å². The maximum absolute atomic E-state index is 13.2. The Morgan fingerprint density at radius 1 is 1.24 bits per heavy atom. The van der Waals surface area contributed by atoms with Crippen LogP contribution >= 0.6 is 0 Å². The van der Waals surface area contributed by atoms with Gasteiger partial charge in [-0.3, -0.25) is 14.9 Å².